The Kier molecular flexibility index (Phi) is 3.87. The van der Waals surface area contributed by atoms with E-state index < -0.39 is 0 Å². The molecule has 0 spiro atoms. The molecule has 3 heteroatoms. The Labute approximate surface area is 163 Å². The number of allylic oxidation sites excluding steroid dienone is 12. The molecule has 27 heavy (non-hydrogen) atoms. The highest BCUT2D eigenvalue weighted by atomic mass is 16.7. The highest BCUT2D eigenvalue weighted by molar-refractivity contribution is 6.54. The minimum absolute atomic E-state index is 0.219. The summed E-state index contributed by atoms with van der Waals surface area (Å²) < 4.78 is 12.7. The van der Waals surface area contributed by atoms with Crippen LogP contribution in [0.3, 0.4) is 0 Å². The van der Waals surface area contributed by atoms with E-state index in [9.17, 15) is 0 Å². The molecule has 5 rings (SSSR count). The summed E-state index contributed by atoms with van der Waals surface area (Å²) in [5.41, 5.74) is 5.38. The molecule has 0 amide bonds. The summed E-state index contributed by atoms with van der Waals surface area (Å²) in [4.78, 5) is 0. The molecule has 0 bridgehead atoms. The van der Waals surface area contributed by atoms with Crippen LogP contribution in [-0.4, -0.2) is 18.3 Å². The summed E-state index contributed by atoms with van der Waals surface area (Å²) >= 11 is 0. The molecule has 3 unspecified atom stereocenters. The van der Waals surface area contributed by atoms with Gasteiger partial charge in [0.05, 0.1) is 11.2 Å². The van der Waals surface area contributed by atoms with Gasteiger partial charge in [-0.3, -0.25) is 0 Å². The van der Waals surface area contributed by atoms with Crippen LogP contribution in [0.1, 0.15) is 47.0 Å². The molecule has 1 saturated heterocycles. The van der Waals surface area contributed by atoms with E-state index in [0.717, 1.165) is 19.3 Å². The van der Waals surface area contributed by atoms with Crippen LogP contribution in [0.25, 0.3) is 0 Å². The maximum atomic E-state index is 6.36. The highest BCUT2D eigenvalue weighted by Gasteiger charge is 2.53. The first kappa shape index (κ1) is 17.5. The van der Waals surface area contributed by atoms with Crippen LogP contribution in [0.15, 0.2) is 70.8 Å². The molecule has 3 atom stereocenters. The van der Waals surface area contributed by atoms with Crippen molar-refractivity contribution in [3.05, 3.63) is 70.8 Å². The summed E-state index contributed by atoms with van der Waals surface area (Å²) in [7, 11) is -0.219. The van der Waals surface area contributed by atoms with Gasteiger partial charge in [-0.15, -0.1) is 0 Å². The molecule has 1 fully saturated rings. The van der Waals surface area contributed by atoms with Gasteiger partial charge in [-0.25, -0.2) is 0 Å². The van der Waals surface area contributed by atoms with Crippen molar-refractivity contribution in [3.8, 4) is 0 Å². The van der Waals surface area contributed by atoms with E-state index in [-0.39, 0.29) is 18.3 Å². The molecule has 2 nitrogen and oxygen atoms in total. The topological polar surface area (TPSA) is 18.5 Å². The van der Waals surface area contributed by atoms with Crippen molar-refractivity contribution in [3.63, 3.8) is 0 Å². The Bertz CT molecular complexity index is 834. The average molecular weight is 360 g/mol. The molecule has 0 aromatic heterocycles. The first-order valence-electron chi connectivity index (χ1n) is 10.4. The minimum Gasteiger partial charge on any atom is -0.400 e. The Morgan fingerprint density at radius 3 is 2.48 bits per heavy atom. The van der Waals surface area contributed by atoms with Crippen LogP contribution >= 0.6 is 0 Å². The Morgan fingerprint density at radius 2 is 1.70 bits per heavy atom. The standard InChI is InChI=1S/C24H29BO2/c1-23(2)24(3,4)27-25(26-23)16-13-14-21-19-11-6-5-9-17(19)18-10-7-8-12-20(18)22(21)15-16/h5-8,10-12,15,17-18,20H,9,13-14H2,1-4H3. The second-order valence-corrected chi connectivity index (χ2v) is 9.51. The van der Waals surface area contributed by atoms with Crippen LogP contribution in [0.4, 0.5) is 0 Å². The van der Waals surface area contributed by atoms with Crippen LogP contribution in [0.2, 0.25) is 0 Å². The van der Waals surface area contributed by atoms with Crippen LogP contribution in [0.5, 0.6) is 0 Å². The lowest BCUT2D eigenvalue weighted by molar-refractivity contribution is 0.00578. The van der Waals surface area contributed by atoms with Crippen molar-refractivity contribution < 1.29 is 9.31 Å². The second kappa shape index (κ2) is 5.96. The van der Waals surface area contributed by atoms with Crippen LogP contribution in [-0.2, 0) is 9.31 Å². The molecule has 1 aliphatic heterocycles. The quantitative estimate of drug-likeness (QED) is 0.574. The van der Waals surface area contributed by atoms with Crippen LogP contribution in [0, 0.1) is 17.8 Å². The van der Waals surface area contributed by atoms with E-state index in [1.165, 1.54) is 11.0 Å². The Hall–Kier alpha value is -1.58. The molecule has 0 radical (unpaired) electrons. The van der Waals surface area contributed by atoms with Crippen molar-refractivity contribution >= 4 is 7.12 Å². The third-order valence-corrected chi connectivity index (χ3v) is 7.46. The predicted octanol–water partition coefficient (Wildman–Crippen LogP) is 5.51. The van der Waals surface area contributed by atoms with Gasteiger partial charge >= 0.3 is 7.12 Å². The average Bonchev–Trinajstić information content (AvgIpc) is 2.89. The molecule has 0 aromatic carbocycles. The summed E-state index contributed by atoms with van der Waals surface area (Å²) in [6.07, 6.45) is 21.9. The van der Waals surface area contributed by atoms with Crippen LogP contribution < -0.4 is 0 Å². The molecular weight excluding hydrogens is 331 g/mol. The zero-order valence-electron chi connectivity index (χ0n) is 16.9. The SMILES string of the molecule is CC1(C)OB(C2=CC3=C(CC2)C2=CC=CCC2C2C=CC=CC32)OC1(C)C. The monoisotopic (exact) mass is 360 g/mol. The third kappa shape index (κ3) is 2.62. The summed E-state index contributed by atoms with van der Waals surface area (Å²) in [6, 6.07) is 0. The van der Waals surface area contributed by atoms with Gasteiger partial charge in [-0.2, -0.15) is 0 Å². The summed E-state index contributed by atoms with van der Waals surface area (Å²) in [6.45, 7) is 8.54. The van der Waals surface area contributed by atoms with Gasteiger partial charge in [-0.1, -0.05) is 48.6 Å². The van der Waals surface area contributed by atoms with Crippen molar-refractivity contribution in [2.45, 2.75) is 58.2 Å². The zero-order valence-corrected chi connectivity index (χ0v) is 16.9. The molecule has 0 saturated carbocycles. The fourth-order valence-electron chi connectivity index (χ4n) is 5.22. The lowest BCUT2D eigenvalue weighted by atomic mass is 9.59. The first-order valence-corrected chi connectivity index (χ1v) is 10.4. The minimum atomic E-state index is -0.280. The Morgan fingerprint density at radius 1 is 0.963 bits per heavy atom. The predicted molar refractivity (Wildman–Crippen MR) is 111 cm³/mol. The summed E-state index contributed by atoms with van der Waals surface area (Å²) in [5, 5.41) is 0. The number of rotatable bonds is 1. The van der Waals surface area contributed by atoms with Gasteiger partial charge < -0.3 is 9.31 Å². The van der Waals surface area contributed by atoms with Gasteiger partial charge in [0.15, 0.2) is 0 Å². The largest absolute Gasteiger partial charge is 0.490 e. The fraction of sp³-hybridized carbons (Fsp3) is 0.500. The zero-order chi connectivity index (χ0) is 18.8. The smallest absolute Gasteiger partial charge is 0.400 e. The lowest BCUT2D eigenvalue weighted by Crippen LogP contribution is -2.41. The fourth-order valence-corrected chi connectivity index (χ4v) is 5.22. The first-order chi connectivity index (χ1) is 12.9. The van der Waals surface area contributed by atoms with Crippen molar-refractivity contribution in [2.24, 2.45) is 17.8 Å². The maximum absolute atomic E-state index is 6.36. The molecule has 1 heterocycles. The number of hydrogen-bond acceptors (Lipinski definition) is 2. The molecule has 0 aromatic rings. The van der Waals surface area contributed by atoms with Crippen molar-refractivity contribution in [1.82, 2.24) is 0 Å². The normalized spacial score (nSPS) is 35.4. The van der Waals surface area contributed by atoms with E-state index in [0.29, 0.717) is 17.8 Å². The molecule has 5 aliphatic rings. The van der Waals surface area contributed by atoms with Crippen molar-refractivity contribution in [1.29, 1.82) is 0 Å². The number of fused-ring (bicyclic) bond motifs is 5. The molecular formula is C24H29BO2. The molecule has 0 N–H and O–H groups in total. The number of hydrogen-bond donors (Lipinski definition) is 0. The van der Waals surface area contributed by atoms with E-state index in [1.54, 1.807) is 11.1 Å². The van der Waals surface area contributed by atoms with Gasteiger partial charge in [0.25, 0.3) is 0 Å². The highest BCUT2D eigenvalue weighted by Crippen LogP contribution is 2.52. The van der Waals surface area contributed by atoms with E-state index >= 15 is 0 Å². The second-order valence-electron chi connectivity index (χ2n) is 9.51. The Balaban J connectivity index is 1.55. The molecule has 4 aliphatic carbocycles. The van der Waals surface area contributed by atoms with E-state index in [4.69, 9.17) is 9.31 Å². The van der Waals surface area contributed by atoms with Gasteiger partial charge in [0.1, 0.15) is 0 Å². The van der Waals surface area contributed by atoms with Gasteiger partial charge in [-0.05, 0) is 81.0 Å². The maximum Gasteiger partial charge on any atom is 0.490 e. The summed E-state index contributed by atoms with van der Waals surface area (Å²) in [5.74, 6) is 1.68. The van der Waals surface area contributed by atoms with E-state index in [1.807, 2.05) is 0 Å². The van der Waals surface area contributed by atoms with Gasteiger partial charge in [0, 0.05) is 5.92 Å². The third-order valence-electron chi connectivity index (χ3n) is 7.46. The van der Waals surface area contributed by atoms with Crippen molar-refractivity contribution in [2.75, 3.05) is 0 Å². The molecule has 140 valence electrons. The van der Waals surface area contributed by atoms with Gasteiger partial charge in [0.2, 0.25) is 0 Å². The lowest BCUT2D eigenvalue weighted by Gasteiger charge is -2.43. The van der Waals surface area contributed by atoms with E-state index in [2.05, 4.69) is 76.3 Å².